The van der Waals surface area contributed by atoms with Crippen LogP contribution >= 0.6 is 11.8 Å². The third-order valence-corrected chi connectivity index (χ3v) is 5.53. The van der Waals surface area contributed by atoms with Gasteiger partial charge >= 0.3 is 0 Å². The number of hydrogen-bond donors (Lipinski definition) is 3. The SMILES string of the molecule is NCc1cn[nH]c1S(=O)(=O)NCC1CCCS1. The molecule has 0 spiro atoms. The minimum Gasteiger partial charge on any atom is -0.326 e. The lowest BCUT2D eigenvalue weighted by atomic mass is 10.2. The number of sulfonamides is 1. The maximum Gasteiger partial charge on any atom is 0.257 e. The fourth-order valence-electron chi connectivity index (χ4n) is 1.76. The molecule has 0 aliphatic carbocycles. The van der Waals surface area contributed by atoms with Crippen LogP contribution in [-0.4, -0.2) is 36.2 Å². The van der Waals surface area contributed by atoms with Gasteiger partial charge < -0.3 is 5.73 Å². The van der Waals surface area contributed by atoms with Crippen LogP contribution in [-0.2, 0) is 16.6 Å². The smallest absolute Gasteiger partial charge is 0.257 e. The predicted molar refractivity (Wildman–Crippen MR) is 67.1 cm³/mol. The lowest BCUT2D eigenvalue weighted by molar-refractivity contribution is 0.573. The number of nitrogens with two attached hydrogens (primary N) is 1. The van der Waals surface area contributed by atoms with Crippen molar-refractivity contribution >= 4 is 21.8 Å². The average molecular weight is 276 g/mol. The average Bonchev–Trinajstić information content (AvgIpc) is 2.97. The van der Waals surface area contributed by atoms with Gasteiger partial charge in [-0.2, -0.15) is 16.9 Å². The Bertz CT molecular complexity index is 465. The first kappa shape index (κ1) is 12.9. The van der Waals surface area contributed by atoms with Crippen molar-refractivity contribution in [1.82, 2.24) is 14.9 Å². The quantitative estimate of drug-likeness (QED) is 0.705. The number of aromatic nitrogens is 2. The molecule has 1 aromatic heterocycles. The van der Waals surface area contributed by atoms with E-state index in [-0.39, 0.29) is 11.6 Å². The summed E-state index contributed by atoms with van der Waals surface area (Å²) in [5, 5.41) is 6.66. The van der Waals surface area contributed by atoms with E-state index in [0.717, 1.165) is 18.6 Å². The Morgan fingerprint density at radius 1 is 1.65 bits per heavy atom. The normalized spacial score (nSPS) is 20.9. The molecule has 8 heteroatoms. The van der Waals surface area contributed by atoms with Crippen molar-refractivity contribution in [2.75, 3.05) is 12.3 Å². The first-order valence-corrected chi connectivity index (χ1v) is 8.00. The molecule has 1 aromatic rings. The molecule has 0 radical (unpaired) electrons. The Balaban J connectivity index is 2.03. The van der Waals surface area contributed by atoms with Crippen molar-refractivity contribution in [3.05, 3.63) is 11.8 Å². The van der Waals surface area contributed by atoms with Crippen molar-refractivity contribution in [3.63, 3.8) is 0 Å². The van der Waals surface area contributed by atoms with Crippen molar-refractivity contribution in [2.45, 2.75) is 29.7 Å². The van der Waals surface area contributed by atoms with Crippen molar-refractivity contribution < 1.29 is 8.42 Å². The minimum absolute atomic E-state index is 0.0861. The summed E-state index contributed by atoms with van der Waals surface area (Å²) < 4.78 is 26.6. The van der Waals surface area contributed by atoms with Crippen LogP contribution in [0, 0.1) is 0 Å². The van der Waals surface area contributed by atoms with E-state index in [1.807, 2.05) is 11.8 Å². The lowest BCUT2D eigenvalue weighted by Gasteiger charge is -2.10. The largest absolute Gasteiger partial charge is 0.326 e. The van der Waals surface area contributed by atoms with Crippen LogP contribution in [0.5, 0.6) is 0 Å². The fourth-order valence-corrected chi connectivity index (χ4v) is 4.28. The molecule has 0 aromatic carbocycles. The molecule has 0 amide bonds. The van der Waals surface area contributed by atoms with Gasteiger partial charge in [-0.25, -0.2) is 13.1 Å². The molecule has 0 bridgehead atoms. The van der Waals surface area contributed by atoms with Gasteiger partial charge in [0.05, 0.1) is 6.20 Å². The summed E-state index contributed by atoms with van der Waals surface area (Å²) in [6.45, 7) is 0.626. The highest BCUT2D eigenvalue weighted by Crippen LogP contribution is 2.25. The number of nitrogens with zero attached hydrogens (tertiary/aromatic N) is 1. The highest BCUT2D eigenvalue weighted by Gasteiger charge is 2.23. The van der Waals surface area contributed by atoms with Gasteiger partial charge in [0.15, 0.2) is 5.03 Å². The van der Waals surface area contributed by atoms with Crippen LogP contribution in [0.25, 0.3) is 0 Å². The van der Waals surface area contributed by atoms with E-state index in [0.29, 0.717) is 17.4 Å². The molecule has 1 fully saturated rings. The zero-order chi connectivity index (χ0) is 12.3. The third-order valence-electron chi connectivity index (χ3n) is 2.69. The molecule has 1 aliphatic heterocycles. The first-order chi connectivity index (χ1) is 8.13. The summed E-state index contributed by atoms with van der Waals surface area (Å²) in [4.78, 5) is 0. The van der Waals surface area contributed by atoms with E-state index in [1.165, 1.54) is 6.20 Å². The molecule has 2 rings (SSSR count). The van der Waals surface area contributed by atoms with Crippen LogP contribution in [0.2, 0.25) is 0 Å². The Hall–Kier alpha value is -0.570. The van der Waals surface area contributed by atoms with Crippen molar-refractivity contribution in [3.8, 4) is 0 Å². The Kier molecular flexibility index (Phi) is 4.08. The molecule has 1 saturated heterocycles. The monoisotopic (exact) mass is 276 g/mol. The number of thioether (sulfide) groups is 1. The van der Waals surface area contributed by atoms with Crippen LogP contribution in [0.1, 0.15) is 18.4 Å². The molecule has 1 atom stereocenters. The van der Waals surface area contributed by atoms with Crippen LogP contribution < -0.4 is 10.5 Å². The predicted octanol–water partition coefficient (Wildman–Crippen LogP) is 0.0423. The van der Waals surface area contributed by atoms with E-state index in [2.05, 4.69) is 14.9 Å². The molecule has 96 valence electrons. The van der Waals surface area contributed by atoms with E-state index >= 15 is 0 Å². The van der Waals surface area contributed by atoms with Gasteiger partial charge in [0.25, 0.3) is 10.0 Å². The maximum atomic E-state index is 12.0. The van der Waals surface area contributed by atoms with Gasteiger partial charge in [-0.1, -0.05) is 0 Å². The molecule has 6 nitrogen and oxygen atoms in total. The topological polar surface area (TPSA) is 101 Å². The van der Waals surface area contributed by atoms with E-state index in [4.69, 9.17) is 5.73 Å². The maximum absolute atomic E-state index is 12.0. The standard InChI is InChI=1S/C9H16N4O2S2/c10-4-7-5-11-13-9(7)17(14,15)12-6-8-2-1-3-16-8/h5,8,12H,1-4,6,10H2,(H,11,13). The van der Waals surface area contributed by atoms with Crippen LogP contribution in [0.15, 0.2) is 11.2 Å². The molecule has 0 saturated carbocycles. The summed E-state index contributed by atoms with van der Waals surface area (Å²) in [6, 6.07) is 0. The van der Waals surface area contributed by atoms with E-state index in [9.17, 15) is 8.42 Å². The number of hydrogen-bond acceptors (Lipinski definition) is 5. The van der Waals surface area contributed by atoms with E-state index in [1.54, 1.807) is 0 Å². The highest BCUT2D eigenvalue weighted by atomic mass is 32.2. The molecule has 1 unspecified atom stereocenters. The zero-order valence-electron chi connectivity index (χ0n) is 9.35. The summed E-state index contributed by atoms with van der Waals surface area (Å²) in [5.74, 6) is 1.12. The van der Waals surface area contributed by atoms with Gasteiger partial charge in [-0.3, -0.25) is 5.10 Å². The number of aromatic amines is 1. The molecule has 2 heterocycles. The summed E-state index contributed by atoms with van der Waals surface area (Å²) in [5.41, 5.74) is 5.96. The fraction of sp³-hybridized carbons (Fsp3) is 0.667. The van der Waals surface area contributed by atoms with Crippen LogP contribution in [0.3, 0.4) is 0 Å². The summed E-state index contributed by atoms with van der Waals surface area (Å²) in [7, 11) is -3.51. The molecule has 17 heavy (non-hydrogen) atoms. The van der Waals surface area contributed by atoms with Gasteiger partial charge in [0.1, 0.15) is 0 Å². The second kappa shape index (κ2) is 5.38. The summed E-state index contributed by atoms with van der Waals surface area (Å²) in [6.07, 6.45) is 3.67. The number of rotatable bonds is 5. The molecular weight excluding hydrogens is 260 g/mol. The second-order valence-electron chi connectivity index (χ2n) is 3.92. The van der Waals surface area contributed by atoms with Crippen molar-refractivity contribution in [1.29, 1.82) is 0 Å². The summed E-state index contributed by atoms with van der Waals surface area (Å²) >= 11 is 1.81. The minimum atomic E-state index is -3.51. The van der Waals surface area contributed by atoms with Gasteiger partial charge in [0, 0.05) is 23.9 Å². The number of nitrogens with one attached hydrogen (secondary N) is 2. The highest BCUT2D eigenvalue weighted by molar-refractivity contribution is 8.00. The third kappa shape index (κ3) is 3.01. The first-order valence-electron chi connectivity index (χ1n) is 5.47. The molecular formula is C9H16N4O2S2. The Morgan fingerprint density at radius 3 is 3.12 bits per heavy atom. The zero-order valence-corrected chi connectivity index (χ0v) is 11.0. The van der Waals surface area contributed by atoms with Gasteiger partial charge in [-0.05, 0) is 18.6 Å². The second-order valence-corrected chi connectivity index (χ2v) is 7.03. The lowest BCUT2D eigenvalue weighted by Crippen LogP contribution is -2.30. The molecule has 1 aliphatic rings. The number of H-pyrrole nitrogens is 1. The Labute approximate surface area is 105 Å². The van der Waals surface area contributed by atoms with Gasteiger partial charge in [0.2, 0.25) is 0 Å². The Morgan fingerprint density at radius 2 is 2.47 bits per heavy atom. The molecule has 4 N–H and O–H groups in total. The van der Waals surface area contributed by atoms with E-state index < -0.39 is 10.0 Å². The van der Waals surface area contributed by atoms with Crippen LogP contribution in [0.4, 0.5) is 0 Å². The van der Waals surface area contributed by atoms with Crippen molar-refractivity contribution in [2.24, 2.45) is 5.73 Å². The van der Waals surface area contributed by atoms with Gasteiger partial charge in [-0.15, -0.1) is 0 Å².